The van der Waals surface area contributed by atoms with Gasteiger partial charge in [0.1, 0.15) is 0 Å². The van der Waals surface area contributed by atoms with Gasteiger partial charge in [0.15, 0.2) is 11.2 Å². The number of nitrogens with one attached hydrogen (secondary N) is 1. The Bertz CT molecular complexity index is 790. The van der Waals surface area contributed by atoms with Crippen LogP contribution in [0.25, 0.3) is 0 Å². The molecule has 2 amide bonds. The van der Waals surface area contributed by atoms with Gasteiger partial charge in [0.05, 0.1) is 12.1 Å². The summed E-state index contributed by atoms with van der Waals surface area (Å²) in [4.78, 5) is 41.3. The minimum atomic E-state index is -1.12. The van der Waals surface area contributed by atoms with Crippen molar-refractivity contribution < 1.29 is 19.5 Å². The maximum absolute atomic E-state index is 12.2. The number of aliphatic carboxylic acids is 1. The van der Waals surface area contributed by atoms with Crippen LogP contribution >= 0.6 is 11.3 Å². The van der Waals surface area contributed by atoms with Crippen molar-refractivity contribution in [3.8, 4) is 0 Å². The molecule has 0 aliphatic carbocycles. The zero-order valence-electron chi connectivity index (χ0n) is 13.3. The Labute approximate surface area is 148 Å². The molecule has 3 rings (SSSR count). The summed E-state index contributed by atoms with van der Waals surface area (Å²) in [6, 6.07) is 7.42. The number of aromatic nitrogens is 1. The summed E-state index contributed by atoms with van der Waals surface area (Å²) in [6.45, 7) is 0.646. The Balaban J connectivity index is 1.65. The summed E-state index contributed by atoms with van der Waals surface area (Å²) in [6.07, 6.45) is 1.30. The summed E-state index contributed by atoms with van der Waals surface area (Å²) >= 11 is 1.31. The molecule has 2 N–H and O–H groups in total. The van der Waals surface area contributed by atoms with Gasteiger partial charge in [-0.25, -0.2) is 9.78 Å². The molecule has 8 heteroatoms. The SMILES string of the molecule is O=C(Cc1csc(N2CCCC2=O)n1)N[C@H](C(=O)O)c1ccccc1. The predicted octanol–water partition coefficient (Wildman–Crippen LogP) is 1.75. The van der Waals surface area contributed by atoms with Gasteiger partial charge in [-0.3, -0.25) is 14.5 Å². The molecule has 0 saturated carbocycles. The highest BCUT2D eigenvalue weighted by atomic mass is 32.1. The summed E-state index contributed by atoms with van der Waals surface area (Å²) in [5, 5.41) is 14.2. The first kappa shape index (κ1) is 17.1. The van der Waals surface area contributed by atoms with Crippen LogP contribution in [0, 0.1) is 0 Å². The van der Waals surface area contributed by atoms with Crippen molar-refractivity contribution in [1.29, 1.82) is 0 Å². The van der Waals surface area contributed by atoms with Gasteiger partial charge in [-0.05, 0) is 12.0 Å². The van der Waals surface area contributed by atoms with Crippen molar-refractivity contribution in [1.82, 2.24) is 10.3 Å². The fraction of sp³-hybridized carbons (Fsp3) is 0.294. The molecule has 1 saturated heterocycles. The van der Waals surface area contributed by atoms with E-state index in [2.05, 4.69) is 10.3 Å². The van der Waals surface area contributed by atoms with E-state index in [9.17, 15) is 19.5 Å². The highest BCUT2D eigenvalue weighted by Crippen LogP contribution is 2.25. The fourth-order valence-electron chi connectivity index (χ4n) is 2.66. The third-order valence-electron chi connectivity index (χ3n) is 3.87. The average Bonchev–Trinajstić information content (AvgIpc) is 3.22. The number of carboxylic acids is 1. The van der Waals surface area contributed by atoms with Gasteiger partial charge in [0.25, 0.3) is 0 Å². The van der Waals surface area contributed by atoms with Gasteiger partial charge in [-0.15, -0.1) is 11.3 Å². The quantitative estimate of drug-likeness (QED) is 0.819. The molecular weight excluding hydrogens is 342 g/mol. The number of nitrogens with zero attached hydrogens (tertiary/aromatic N) is 2. The highest BCUT2D eigenvalue weighted by molar-refractivity contribution is 7.14. The number of hydrogen-bond donors (Lipinski definition) is 2. The molecule has 0 spiro atoms. The number of thiazole rings is 1. The van der Waals surface area contributed by atoms with Crippen LogP contribution in [0.3, 0.4) is 0 Å². The smallest absolute Gasteiger partial charge is 0.330 e. The maximum Gasteiger partial charge on any atom is 0.330 e. The van der Waals surface area contributed by atoms with Crippen LogP contribution in [-0.2, 0) is 20.8 Å². The van der Waals surface area contributed by atoms with Crippen LogP contribution in [0.5, 0.6) is 0 Å². The number of carboxylic acid groups (broad SMARTS) is 1. The zero-order valence-corrected chi connectivity index (χ0v) is 14.2. The average molecular weight is 359 g/mol. The molecule has 2 aromatic rings. The number of carbonyl (C=O) groups excluding carboxylic acids is 2. The Hall–Kier alpha value is -2.74. The van der Waals surface area contributed by atoms with E-state index >= 15 is 0 Å². The monoisotopic (exact) mass is 359 g/mol. The molecule has 1 atom stereocenters. The molecule has 1 aromatic carbocycles. The van der Waals surface area contributed by atoms with E-state index < -0.39 is 17.9 Å². The Morgan fingerprint density at radius 3 is 2.72 bits per heavy atom. The van der Waals surface area contributed by atoms with Crippen LogP contribution in [0.15, 0.2) is 35.7 Å². The Morgan fingerprint density at radius 2 is 2.08 bits per heavy atom. The van der Waals surface area contributed by atoms with Crippen molar-refractivity contribution in [3.63, 3.8) is 0 Å². The third kappa shape index (κ3) is 4.03. The molecule has 130 valence electrons. The Kier molecular flexibility index (Phi) is 5.08. The second-order valence-corrected chi connectivity index (χ2v) is 6.53. The molecule has 0 radical (unpaired) electrons. The zero-order chi connectivity index (χ0) is 17.8. The van der Waals surface area contributed by atoms with Gasteiger partial charge >= 0.3 is 5.97 Å². The standard InChI is InChI=1S/C17H17N3O4S/c21-13(19-15(16(23)24)11-5-2-1-3-6-11)9-12-10-25-17(18-12)20-8-4-7-14(20)22/h1-3,5-6,10,15H,4,7-9H2,(H,19,21)(H,23,24)/t15-/m0/s1. The van der Waals surface area contributed by atoms with E-state index in [1.54, 1.807) is 40.6 Å². The molecule has 0 bridgehead atoms. The molecule has 1 fully saturated rings. The van der Waals surface area contributed by atoms with Gasteiger partial charge in [-0.1, -0.05) is 30.3 Å². The van der Waals surface area contributed by atoms with Gasteiger partial charge in [-0.2, -0.15) is 0 Å². The normalized spacial score (nSPS) is 15.2. The molecule has 25 heavy (non-hydrogen) atoms. The van der Waals surface area contributed by atoms with Crippen LogP contribution < -0.4 is 10.2 Å². The maximum atomic E-state index is 12.2. The summed E-state index contributed by atoms with van der Waals surface area (Å²) in [7, 11) is 0. The molecule has 1 aliphatic heterocycles. The number of carbonyl (C=O) groups is 3. The Morgan fingerprint density at radius 1 is 1.32 bits per heavy atom. The van der Waals surface area contributed by atoms with Crippen LogP contribution in [0.2, 0.25) is 0 Å². The second-order valence-electron chi connectivity index (χ2n) is 5.70. The second kappa shape index (κ2) is 7.43. The van der Waals surface area contributed by atoms with Crippen LogP contribution in [-0.4, -0.2) is 34.4 Å². The van der Waals surface area contributed by atoms with Gasteiger partial charge in [0, 0.05) is 18.3 Å². The first-order chi connectivity index (χ1) is 12.0. The van der Waals surface area contributed by atoms with Crippen molar-refractivity contribution in [2.45, 2.75) is 25.3 Å². The van der Waals surface area contributed by atoms with E-state index in [1.807, 2.05) is 0 Å². The first-order valence-corrected chi connectivity index (χ1v) is 8.74. The van der Waals surface area contributed by atoms with Crippen molar-refractivity contribution >= 4 is 34.3 Å². The molecular formula is C17H17N3O4S. The van der Waals surface area contributed by atoms with Crippen molar-refractivity contribution in [2.24, 2.45) is 0 Å². The lowest BCUT2D eigenvalue weighted by molar-refractivity contribution is -0.142. The largest absolute Gasteiger partial charge is 0.479 e. The number of amides is 2. The molecule has 0 unspecified atom stereocenters. The molecule has 1 aliphatic rings. The lowest BCUT2D eigenvalue weighted by atomic mass is 10.1. The molecule has 7 nitrogen and oxygen atoms in total. The van der Waals surface area contributed by atoms with E-state index in [0.29, 0.717) is 29.4 Å². The van der Waals surface area contributed by atoms with E-state index in [-0.39, 0.29) is 12.3 Å². The molecule has 1 aromatic heterocycles. The van der Waals surface area contributed by atoms with E-state index in [0.717, 1.165) is 6.42 Å². The minimum Gasteiger partial charge on any atom is -0.479 e. The van der Waals surface area contributed by atoms with Crippen molar-refractivity contribution in [3.05, 3.63) is 47.0 Å². The van der Waals surface area contributed by atoms with E-state index in [4.69, 9.17) is 0 Å². The lowest BCUT2D eigenvalue weighted by Crippen LogP contribution is -2.34. The number of anilines is 1. The van der Waals surface area contributed by atoms with Gasteiger partial charge < -0.3 is 10.4 Å². The summed E-state index contributed by atoms with van der Waals surface area (Å²) in [5.74, 6) is -1.51. The van der Waals surface area contributed by atoms with Gasteiger partial charge in [0.2, 0.25) is 11.8 Å². The number of rotatable bonds is 6. The minimum absolute atomic E-state index is 0.0326. The topological polar surface area (TPSA) is 99.6 Å². The third-order valence-corrected chi connectivity index (χ3v) is 4.78. The first-order valence-electron chi connectivity index (χ1n) is 7.86. The predicted molar refractivity (Wildman–Crippen MR) is 92.4 cm³/mol. The number of benzene rings is 1. The van der Waals surface area contributed by atoms with Crippen LogP contribution in [0.1, 0.15) is 30.1 Å². The fourth-order valence-corrected chi connectivity index (χ4v) is 3.53. The highest BCUT2D eigenvalue weighted by Gasteiger charge is 2.25. The van der Waals surface area contributed by atoms with E-state index in [1.165, 1.54) is 11.3 Å². The lowest BCUT2D eigenvalue weighted by Gasteiger charge is -2.14. The summed E-state index contributed by atoms with van der Waals surface area (Å²) < 4.78 is 0. The number of hydrogen-bond acceptors (Lipinski definition) is 5. The van der Waals surface area contributed by atoms with Crippen molar-refractivity contribution in [2.75, 3.05) is 11.4 Å². The molecule has 2 heterocycles. The van der Waals surface area contributed by atoms with Crippen LogP contribution in [0.4, 0.5) is 5.13 Å². The summed E-state index contributed by atoms with van der Waals surface area (Å²) in [5.41, 5.74) is 1.03.